The van der Waals surface area contributed by atoms with Gasteiger partial charge in [-0.25, -0.2) is 0 Å². The summed E-state index contributed by atoms with van der Waals surface area (Å²) in [6.07, 6.45) is 2.17. The lowest BCUT2D eigenvalue weighted by molar-refractivity contribution is 0.0556. The lowest BCUT2D eigenvalue weighted by Crippen LogP contribution is -2.39. The monoisotopic (exact) mass is 229 g/mol. The summed E-state index contributed by atoms with van der Waals surface area (Å²) in [5, 5.41) is 0. The Bertz CT molecular complexity index is 494. The number of benzene rings is 1. The summed E-state index contributed by atoms with van der Waals surface area (Å²) in [4.78, 5) is 25.8. The maximum Gasteiger partial charge on any atom is 0.261 e. The number of rotatable bonds is 1. The first-order valence-corrected chi connectivity index (χ1v) is 5.88. The maximum absolute atomic E-state index is 12.2. The fraction of sp³-hybridized carbons (Fsp3) is 0.385. The number of nitrogens with zero attached hydrogens (tertiary/aromatic N) is 1. The second kappa shape index (κ2) is 2.96. The first-order chi connectivity index (χ1) is 8.25. The van der Waals surface area contributed by atoms with Crippen LogP contribution in [0.15, 0.2) is 24.3 Å². The molecule has 4 nitrogen and oxygen atoms in total. The van der Waals surface area contributed by atoms with Crippen molar-refractivity contribution in [3.63, 3.8) is 0 Å². The molecule has 4 heteroatoms. The molecule has 0 bridgehead atoms. The van der Waals surface area contributed by atoms with E-state index in [-0.39, 0.29) is 30.1 Å². The van der Waals surface area contributed by atoms with Gasteiger partial charge in [0.2, 0.25) is 0 Å². The number of amides is 2. The van der Waals surface area contributed by atoms with Crippen molar-refractivity contribution >= 4 is 11.8 Å². The zero-order valence-electron chi connectivity index (χ0n) is 9.13. The molecule has 1 aliphatic carbocycles. The lowest BCUT2D eigenvalue weighted by Gasteiger charge is -2.22. The number of hydrogen-bond donors (Lipinski definition) is 0. The van der Waals surface area contributed by atoms with Crippen LogP contribution in [0.3, 0.4) is 0 Å². The summed E-state index contributed by atoms with van der Waals surface area (Å²) in [6.45, 7) is 0. The fourth-order valence-corrected chi connectivity index (χ4v) is 2.98. The highest BCUT2D eigenvalue weighted by molar-refractivity contribution is 6.21. The lowest BCUT2D eigenvalue weighted by atomic mass is 10.1. The van der Waals surface area contributed by atoms with E-state index < -0.39 is 0 Å². The number of imide groups is 1. The number of carbonyl (C=O) groups is 2. The summed E-state index contributed by atoms with van der Waals surface area (Å²) in [5.41, 5.74) is 1.08. The minimum absolute atomic E-state index is 0.0335. The number of hydrogen-bond acceptors (Lipinski definition) is 3. The molecule has 2 heterocycles. The van der Waals surface area contributed by atoms with Crippen LogP contribution in [0.4, 0.5) is 0 Å². The van der Waals surface area contributed by atoms with Crippen LogP contribution in [0.25, 0.3) is 0 Å². The molecule has 1 unspecified atom stereocenters. The Balaban J connectivity index is 1.71. The minimum Gasteiger partial charge on any atom is -0.369 e. The van der Waals surface area contributed by atoms with Gasteiger partial charge in [-0.3, -0.25) is 14.5 Å². The highest BCUT2D eigenvalue weighted by atomic mass is 16.6. The van der Waals surface area contributed by atoms with Crippen molar-refractivity contribution in [1.82, 2.24) is 4.90 Å². The van der Waals surface area contributed by atoms with Crippen molar-refractivity contribution < 1.29 is 14.3 Å². The Hall–Kier alpha value is -1.68. The van der Waals surface area contributed by atoms with Crippen LogP contribution in [0, 0.1) is 0 Å². The van der Waals surface area contributed by atoms with Crippen molar-refractivity contribution in [3.8, 4) is 0 Å². The number of carbonyl (C=O) groups excluding carboxylic acids is 2. The predicted molar refractivity (Wildman–Crippen MR) is 58.6 cm³/mol. The molecule has 1 aromatic rings. The third-order valence-corrected chi connectivity index (χ3v) is 3.89. The largest absolute Gasteiger partial charge is 0.369 e. The molecule has 3 aliphatic rings. The second-order valence-electron chi connectivity index (χ2n) is 4.86. The standard InChI is InChI=1S/C13H11NO3/c15-12-8-3-1-2-4-9(8)13(16)14(12)7-5-10-11(6-7)17-10/h1-4,7,10-11H,5-6H2/t7?,10-,11+. The summed E-state index contributed by atoms with van der Waals surface area (Å²) in [7, 11) is 0. The van der Waals surface area contributed by atoms with Gasteiger partial charge in [0.25, 0.3) is 11.8 Å². The fourth-order valence-electron chi connectivity index (χ4n) is 2.98. The van der Waals surface area contributed by atoms with E-state index in [0.717, 1.165) is 12.8 Å². The molecule has 3 atom stereocenters. The van der Waals surface area contributed by atoms with E-state index in [4.69, 9.17) is 4.74 Å². The highest BCUT2D eigenvalue weighted by Gasteiger charge is 2.53. The minimum atomic E-state index is -0.142. The van der Waals surface area contributed by atoms with E-state index in [1.807, 2.05) is 0 Å². The van der Waals surface area contributed by atoms with Crippen molar-refractivity contribution in [1.29, 1.82) is 0 Å². The van der Waals surface area contributed by atoms with Gasteiger partial charge in [-0.15, -0.1) is 0 Å². The van der Waals surface area contributed by atoms with Gasteiger partial charge in [0.05, 0.1) is 23.3 Å². The molecule has 0 spiro atoms. The normalized spacial score (nSPS) is 33.9. The van der Waals surface area contributed by atoms with Crippen LogP contribution >= 0.6 is 0 Å². The van der Waals surface area contributed by atoms with Crippen LogP contribution < -0.4 is 0 Å². The molecule has 86 valence electrons. The highest BCUT2D eigenvalue weighted by Crippen LogP contribution is 2.42. The maximum atomic E-state index is 12.2. The van der Waals surface area contributed by atoms with Crippen molar-refractivity contribution in [2.24, 2.45) is 0 Å². The second-order valence-corrected chi connectivity index (χ2v) is 4.86. The molecule has 2 amide bonds. The molecule has 0 aromatic heterocycles. The summed E-state index contributed by atoms with van der Waals surface area (Å²) in [5.74, 6) is -0.284. The van der Waals surface area contributed by atoms with Crippen LogP contribution in [0.2, 0.25) is 0 Å². The van der Waals surface area contributed by atoms with Gasteiger partial charge in [0, 0.05) is 6.04 Å². The molecule has 0 N–H and O–H groups in total. The quantitative estimate of drug-likeness (QED) is 0.537. The summed E-state index contributed by atoms with van der Waals surface area (Å²) < 4.78 is 5.34. The van der Waals surface area contributed by atoms with Crippen LogP contribution in [0.1, 0.15) is 33.6 Å². The van der Waals surface area contributed by atoms with Gasteiger partial charge >= 0.3 is 0 Å². The first kappa shape index (κ1) is 9.36. The molecular formula is C13H11NO3. The van der Waals surface area contributed by atoms with Gasteiger partial charge in [-0.05, 0) is 25.0 Å². The Labute approximate surface area is 98.2 Å². The number of fused-ring (bicyclic) bond motifs is 2. The number of ether oxygens (including phenoxy) is 1. The van der Waals surface area contributed by atoms with E-state index in [2.05, 4.69) is 0 Å². The van der Waals surface area contributed by atoms with Gasteiger partial charge in [0.1, 0.15) is 0 Å². The van der Waals surface area contributed by atoms with Gasteiger partial charge in [-0.1, -0.05) is 12.1 Å². The summed E-state index contributed by atoms with van der Waals surface area (Å²) >= 11 is 0. The Morgan fingerprint density at radius 1 is 1.00 bits per heavy atom. The Kier molecular flexibility index (Phi) is 1.63. The smallest absolute Gasteiger partial charge is 0.261 e. The average molecular weight is 229 g/mol. The van der Waals surface area contributed by atoms with Gasteiger partial charge in [-0.2, -0.15) is 0 Å². The Morgan fingerprint density at radius 2 is 1.53 bits per heavy atom. The van der Waals surface area contributed by atoms with Crippen molar-refractivity contribution in [2.75, 3.05) is 0 Å². The van der Waals surface area contributed by atoms with E-state index in [1.54, 1.807) is 24.3 Å². The molecule has 17 heavy (non-hydrogen) atoms. The molecule has 1 saturated carbocycles. The van der Waals surface area contributed by atoms with Crippen molar-refractivity contribution in [3.05, 3.63) is 35.4 Å². The molecule has 1 aromatic carbocycles. The van der Waals surface area contributed by atoms with E-state index in [0.29, 0.717) is 11.1 Å². The number of epoxide rings is 1. The third-order valence-electron chi connectivity index (χ3n) is 3.89. The molecule has 0 radical (unpaired) electrons. The molecular weight excluding hydrogens is 218 g/mol. The van der Waals surface area contributed by atoms with E-state index in [9.17, 15) is 9.59 Å². The molecule has 4 rings (SSSR count). The van der Waals surface area contributed by atoms with Crippen LogP contribution in [-0.2, 0) is 4.74 Å². The SMILES string of the molecule is O=C1c2ccccc2C(=O)N1C1C[C@@H]2O[C@@H]2C1. The van der Waals surface area contributed by atoms with Crippen molar-refractivity contribution in [2.45, 2.75) is 31.1 Å². The average Bonchev–Trinajstić information content (AvgIpc) is 2.87. The van der Waals surface area contributed by atoms with Gasteiger partial charge < -0.3 is 4.74 Å². The first-order valence-electron chi connectivity index (χ1n) is 5.88. The molecule has 2 aliphatic heterocycles. The third kappa shape index (κ3) is 1.16. The summed E-state index contributed by atoms with van der Waals surface area (Å²) in [6, 6.07) is 7.07. The Morgan fingerprint density at radius 3 is 2.06 bits per heavy atom. The zero-order valence-corrected chi connectivity index (χ0v) is 9.13. The molecule has 1 saturated heterocycles. The zero-order chi connectivity index (χ0) is 11.6. The van der Waals surface area contributed by atoms with E-state index in [1.165, 1.54) is 4.90 Å². The topological polar surface area (TPSA) is 49.9 Å². The van der Waals surface area contributed by atoms with Crippen LogP contribution in [0.5, 0.6) is 0 Å². The van der Waals surface area contributed by atoms with Crippen LogP contribution in [-0.4, -0.2) is 35.0 Å². The predicted octanol–water partition coefficient (Wildman–Crippen LogP) is 1.21. The van der Waals surface area contributed by atoms with E-state index >= 15 is 0 Å². The van der Waals surface area contributed by atoms with Gasteiger partial charge in [0.15, 0.2) is 0 Å². The molecule has 2 fully saturated rings.